The summed E-state index contributed by atoms with van der Waals surface area (Å²) in [5.41, 5.74) is 0.123. The van der Waals surface area contributed by atoms with Crippen molar-refractivity contribution in [1.29, 1.82) is 0 Å². The van der Waals surface area contributed by atoms with Gasteiger partial charge in [0.1, 0.15) is 11.5 Å². The molecule has 0 bridgehead atoms. The molecule has 0 spiro atoms. The summed E-state index contributed by atoms with van der Waals surface area (Å²) >= 11 is 0. The van der Waals surface area contributed by atoms with E-state index in [0.29, 0.717) is 25.0 Å². The Kier molecular flexibility index (Phi) is 4.86. The van der Waals surface area contributed by atoms with Crippen LogP contribution in [0.3, 0.4) is 0 Å². The van der Waals surface area contributed by atoms with Gasteiger partial charge in [-0.05, 0) is 49.1 Å². The molecular weight excluding hydrogens is 367 g/mol. The second kappa shape index (κ2) is 6.98. The van der Waals surface area contributed by atoms with Crippen molar-refractivity contribution in [3.63, 3.8) is 0 Å². The minimum atomic E-state index is -4.74. The number of carboxylic acids is 1. The van der Waals surface area contributed by atoms with Gasteiger partial charge in [-0.1, -0.05) is 12.1 Å². The lowest BCUT2D eigenvalue weighted by Gasteiger charge is -2.15. The van der Waals surface area contributed by atoms with Gasteiger partial charge < -0.3 is 19.6 Å². The van der Waals surface area contributed by atoms with Crippen LogP contribution in [0.4, 0.5) is 13.2 Å². The van der Waals surface area contributed by atoms with Crippen LogP contribution in [0.2, 0.25) is 0 Å². The molecule has 1 aliphatic rings. The Morgan fingerprint density at radius 1 is 1.15 bits per heavy atom. The fraction of sp³-hybridized carbons (Fsp3) is 0.333. The van der Waals surface area contributed by atoms with E-state index in [1.807, 2.05) is 0 Å². The minimum absolute atomic E-state index is 0.0617. The van der Waals surface area contributed by atoms with Crippen LogP contribution < -0.4 is 10.1 Å². The normalized spacial score (nSPS) is 15.2. The Morgan fingerprint density at radius 2 is 1.81 bits per heavy atom. The summed E-state index contributed by atoms with van der Waals surface area (Å²) in [5.74, 6) is -1.59. The van der Waals surface area contributed by atoms with Gasteiger partial charge in [-0.25, -0.2) is 4.79 Å². The molecule has 27 heavy (non-hydrogen) atoms. The number of furan rings is 1. The molecule has 2 aromatic rings. The van der Waals surface area contributed by atoms with Crippen molar-refractivity contribution in [2.45, 2.75) is 32.2 Å². The highest BCUT2D eigenvalue weighted by atomic mass is 19.4. The van der Waals surface area contributed by atoms with Crippen LogP contribution in [0.5, 0.6) is 5.75 Å². The van der Waals surface area contributed by atoms with E-state index >= 15 is 0 Å². The average Bonchev–Trinajstić information content (AvgIpc) is 3.20. The minimum Gasteiger partial charge on any atom is -0.475 e. The monoisotopic (exact) mass is 383 g/mol. The molecule has 3 rings (SSSR count). The number of carboxylic acid groups (broad SMARTS) is 1. The zero-order chi connectivity index (χ0) is 19.7. The number of ether oxygens (including phenoxy) is 1. The van der Waals surface area contributed by atoms with E-state index in [1.54, 1.807) is 0 Å². The first-order chi connectivity index (χ1) is 12.7. The van der Waals surface area contributed by atoms with E-state index in [1.165, 1.54) is 36.4 Å². The zero-order valence-corrected chi connectivity index (χ0v) is 14.0. The quantitative estimate of drug-likeness (QED) is 0.764. The second-order valence-corrected chi connectivity index (χ2v) is 6.40. The third-order valence-corrected chi connectivity index (χ3v) is 4.33. The van der Waals surface area contributed by atoms with Gasteiger partial charge in [-0.3, -0.25) is 4.79 Å². The molecule has 1 fully saturated rings. The molecule has 1 aromatic carbocycles. The van der Waals surface area contributed by atoms with Crippen molar-refractivity contribution in [2.24, 2.45) is 5.41 Å². The summed E-state index contributed by atoms with van der Waals surface area (Å²) in [5, 5.41) is 11.5. The Bertz CT molecular complexity index is 837. The summed E-state index contributed by atoms with van der Waals surface area (Å²) in [6.07, 6.45) is -3.02. The van der Waals surface area contributed by atoms with Gasteiger partial charge in [0.25, 0.3) is 0 Å². The number of alkyl halides is 3. The van der Waals surface area contributed by atoms with Gasteiger partial charge in [0.15, 0.2) is 0 Å². The topological polar surface area (TPSA) is 88.8 Å². The summed E-state index contributed by atoms with van der Waals surface area (Å²) < 4.78 is 45.5. The molecule has 1 heterocycles. The second-order valence-electron chi connectivity index (χ2n) is 6.40. The first kappa shape index (κ1) is 18.8. The third-order valence-electron chi connectivity index (χ3n) is 4.33. The van der Waals surface area contributed by atoms with Gasteiger partial charge in [0, 0.05) is 0 Å². The number of amides is 1. The number of hydrogen-bond acceptors (Lipinski definition) is 4. The van der Waals surface area contributed by atoms with Crippen molar-refractivity contribution < 1.29 is 37.0 Å². The van der Waals surface area contributed by atoms with Gasteiger partial charge >= 0.3 is 12.3 Å². The lowest BCUT2D eigenvalue weighted by molar-refractivity contribution is -0.274. The van der Waals surface area contributed by atoms with Gasteiger partial charge in [-0.2, -0.15) is 0 Å². The number of carbonyl (C=O) groups is 2. The van der Waals surface area contributed by atoms with Crippen LogP contribution in [-0.2, 0) is 17.8 Å². The van der Waals surface area contributed by atoms with Crippen molar-refractivity contribution in [2.75, 3.05) is 0 Å². The Hall–Kier alpha value is -2.97. The Morgan fingerprint density at radius 3 is 2.33 bits per heavy atom. The molecule has 1 saturated carbocycles. The fourth-order valence-electron chi connectivity index (χ4n) is 2.78. The molecule has 1 amide bonds. The number of carbonyl (C=O) groups excluding carboxylic acids is 1. The van der Waals surface area contributed by atoms with Gasteiger partial charge in [0.05, 0.1) is 12.0 Å². The highest BCUT2D eigenvalue weighted by Crippen LogP contribution is 2.48. The largest absolute Gasteiger partial charge is 0.573 e. The van der Waals surface area contributed by atoms with Crippen LogP contribution in [0.15, 0.2) is 40.8 Å². The summed E-state index contributed by atoms with van der Waals surface area (Å²) in [4.78, 5) is 23.2. The number of nitrogens with one attached hydrogen (secondary N) is 1. The molecule has 1 aliphatic carbocycles. The maximum absolute atomic E-state index is 12.5. The predicted molar refractivity (Wildman–Crippen MR) is 86.0 cm³/mol. The van der Waals surface area contributed by atoms with Crippen LogP contribution in [0.1, 0.15) is 34.7 Å². The lowest BCUT2D eigenvalue weighted by Crippen LogP contribution is -2.32. The number of hydrogen-bond donors (Lipinski definition) is 2. The summed E-state index contributed by atoms with van der Waals surface area (Å²) in [6.45, 7) is 0.0617. The first-order valence-corrected chi connectivity index (χ1v) is 8.12. The molecule has 0 radical (unpaired) electrons. The molecular formula is C18H16F3NO5. The summed E-state index contributed by atoms with van der Waals surface area (Å²) in [6, 6.07) is 8.21. The van der Waals surface area contributed by atoms with Crippen molar-refractivity contribution in [1.82, 2.24) is 5.32 Å². The standard InChI is InChI=1S/C18H16F3NO5/c19-18(20,21)27-12-3-1-11(2-4-12)9-17(7-8-17)16(25)22-10-13-5-6-14(26-13)15(23)24/h1-6H,7-10H2,(H,22,25)(H,23,24). The third kappa shape index (κ3) is 4.81. The van der Waals surface area contributed by atoms with E-state index < -0.39 is 17.7 Å². The van der Waals surface area contributed by atoms with E-state index in [9.17, 15) is 22.8 Å². The summed E-state index contributed by atoms with van der Waals surface area (Å²) in [7, 11) is 0. The highest BCUT2D eigenvalue weighted by Gasteiger charge is 2.49. The SMILES string of the molecule is O=C(O)c1ccc(CNC(=O)C2(Cc3ccc(OC(F)(F)F)cc3)CC2)o1. The van der Waals surface area contributed by atoms with E-state index in [0.717, 1.165) is 5.56 Å². The smallest absolute Gasteiger partial charge is 0.475 e. The number of benzene rings is 1. The number of aromatic carboxylic acids is 1. The number of rotatable bonds is 7. The molecule has 0 aliphatic heterocycles. The van der Waals surface area contributed by atoms with E-state index in [-0.39, 0.29) is 24.0 Å². The van der Waals surface area contributed by atoms with Gasteiger partial charge in [-0.15, -0.1) is 13.2 Å². The van der Waals surface area contributed by atoms with E-state index in [4.69, 9.17) is 9.52 Å². The van der Waals surface area contributed by atoms with E-state index in [2.05, 4.69) is 10.1 Å². The Balaban J connectivity index is 1.56. The molecule has 1 aromatic heterocycles. The molecule has 6 nitrogen and oxygen atoms in total. The molecule has 0 atom stereocenters. The highest BCUT2D eigenvalue weighted by molar-refractivity contribution is 5.86. The molecule has 2 N–H and O–H groups in total. The Labute approximate surface area is 151 Å². The van der Waals surface area contributed by atoms with Gasteiger partial charge in [0.2, 0.25) is 11.7 Å². The van der Waals surface area contributed by atoms with Crippen LogP contribution >= 0.6 is 0 Å². The lowest BCUT2D eigenvalue weighted by atomic mass is 9.95. The molecule has 9 heteroatoms. The average molecular weight is 383 g/mol. The van der Waals surface area contributed by atoms with Crippen LogP contribution in [-0.4, -0.2) is 23.3 Å². The zero-order valence-electron chi connectivity index (χ0n) is 14.0. The van der Waals surface area contributed by atoms with Crippen molar-refractivity contribution in [3.8, 4) is 5.75 Å². The van der Waals surface area contributed by atoms with Crippen LogP contribution in [0, 0.1) is 5.41 Å². The fourth-order valence-corrected chi connectivity index (χ4v) is 2.78. The predicted octanol–water partition coefficient (Wildman–Crippen LogP) is 3.52. The maximum Gasteiger partial charge on any atom is 0.573 e. The molecule has 144 valence electrons. The van der Waals surface area contributed by atoms with Crippen molar-refractivity contribution >= 4 is 11.9 Å². The van der Waals surface area contributed by atoms with Crippen molar-refractivity contribution in [3.05, 3.63) is 53.5 Å². The van der Waals surface area contributed by atoms with Crippen LogP contribution in [0.25, 0.3) is 0 Å². The number of halogens is 3. The molecule has 0 unspecified atom stereocenters. The maximum atomic E-state index is 12.5. The first-order valence-electron chi connectivity index (χ1n) is 8.12. The molecule has 0 saturated heterocycles.